The van der Waals surface area contributed by atoms with Gasteiger partial charge in [0.1, 0.15) is 6.10 Å². The molecule has 0 heterocycles. The number of rotatable bonds is 26. The van der Waals surface area contributed by atoms with E-state index in [4.69, 9.17) is 9.84 Å². The lowest BCUT2D eigenvalue weighted by molar-refractivity contribution is -0.150. The third kappa shape index (κ3) is 24.0. The van der Waals surface area contributed by atoms with Crippen molar-refractivity contribution in [2.45, 2.75) is 141 Å². The van der Waals surface area contributed by atoms with Crippen molar-refractivity contribution in [1.82, 2.24) is 5.32 Å². The van der Waals surface area contributed by atoms with Crippen LogP contribution in [0.4, 0.5) is 4.39 Å². The molecule has 0 aliphatic carbocycles. The summed E-state index contributed by atoms with van der Waals surface area (Å²) in [4.78, 5) is 12.4. The first-order valence-electron chi connectivity index (χ1n) is 13.8. The van der Waals surface area contributed by atoms with Crippen LogP contribution in [0.15, 0.2) is 0 Å². The second kappa shape index (κ2) is 26.6. The van der Waals surface area contributed by atoms with Gasteiger partial charge in [0.15, 0.2) is 0 Å². The van der Waals surface area contributed by atoms with Crippen LogP contribution in [0.25, 0.3) is 0 Å². The Morgan fingerprint density at radius 2 is 1.28 bits per heavy atom. The molecule has 5 heteroatoms. The van der Waals surface area contributed by atoms with Gasteiger partial charge in [0.05, 0.1) is 13.3 Å². The van der Waals surface area contributed by atoms with Crippen LogP contribution in [0.3, 0.4) is 0 Å². The summed E-state index contributed by atoms with van der Waals surface area (Å²) in [6, 6.07) is 0. The van der Waals surface area contributed by atoms with Crippen LogP contribution in [0.5, 0.6) is 0 Å². The highest BCUT2D eigenvalue weighted by Crippen LogP contribution is 2.18. The first kappa shape index (κ1) is 31.3. The van der Waals surface area contributed by atoms with E-state index in [1.54, 1.807) is 0 Å². The number of nitrogens with one attached hydrogen (secondary N) is 1. The van der Waals surface area contributed by atoms with Gasteiger partial charge in [-0.05, 0) is 51.5 Å². The first-order chi connectivity index (χ1) is 15.7. The maximum absolute atomic E-state index is 12.4. The number of hydrogen-bond acceptors (Lipinski definition) is 4. The summed E-state index contributed by atoms with van der Waals surface area (Å²) < 4.78 is 18.0. The fourth-order valence-electron chi connectivity index (χ4n) is 4.09. The molecule has 2 N–H and O–H groups in total. The minimum absolute atomic E-state index is 0.0199. The molecule has 0 aliphatic rings. The van der Waals surface area contributed by atoms with Gasteiger partial charge in [-0.15, -0.1) is 0 Å². The topological polar surface area (TPSA) is 58.6 Å². The summed E-state index contributed by atoms with van der Waals surface area (Å²) in [7, 11) is 0. The van der Waals surface area contributed by atoms with E-state index in [1.165, 1.54) is 38.5 Å². The smallest absolute Gasteiger partial charge is 0.306 e. The Bertz CT molecular complexity index is 382. The number of unbranched alkanes of at least 4 members (excludes halogenated alkanes) is 14. The van der Waals surface area contributed by atoms with Crippen molar-refractivity contribution < 1.29 is 19.0 Å². The zero-order valence-corrected chi connectivity index (χ0v) is 21.2. The third-order valence-corrected chi connectivity index (χ3v) is 6.11. The third-order valence-electron chi connectivity index (χ3n) is 6.11. The molecule has 1 unspecified atom stereocenters. The van der Waals surface area contributed by atoms with Gasteiger partial charge in [0.2, 0.25) is 0 Å². The highest BCUT2D eigenvalue weighted by Gasteiger charge is 2.14. The minimum atomic E-state index is -0.196. The molecule has 192 valence electrons. The molecular weight excluding hydrogens is 405 g/mol. The highest BCUT2D eigenvalue weighted by atomic mass is 19.1. The lowest BCUT2D eigenvalue weighted by Gasteiger charge is -2.18. The number of hydrogen-bond donors (Lipinski definition) is 2. The van der Waals surface area contributed by atoms with Crippen molar-refractivity contribution in [2.75, 3.05) is 26.4 Å². The molecule has 1 atom stereocenters. The van der Waals surface area contributed by atoms with Crippen molar-refractivity contribution >= 4 is 5.97 Å². The minimum Gasteiger partial charge on any atom is -0.462 e. The maximum Gasteiger partial charge on any atom is 0.306 e. The Hall–Kier alpha value is -0.680. The van der Waals surface area contributed by atoms with Crippen LogP contribution in [-0.2, 0) is 9.53 Å². The number of carbonyl (C=O) groups excluding carboxylic acids is 1. The predicted molar refractivity (Wildman–Crippen MR) is 134 cm³/mol. The number of halogens is 1. The standard InChI is InChI=1S/C27H54FNO3/c1-2-3-4-5-9-14-19-26(20-15-10-6-7-12-17-22-28)32-27(31)21-16-11-8-13-18-23-29-24-25-30/h26,29-30H,2-25H2,1H3. The Balaban J connectivity index is 3.96. The molecule has 0 radical (unpaired) electrons. The van der Waals surface area contributed by atoms with Gasteiger partial charge in [-0.1, -0.05) is 84.0 Å². The van der Waals surface area contributed by atoms with Gasteiger partial charge in [-0.2, -0.15) is 0 Å². The van der Waals surface area contributed by atoms with Gasteiger partial charge in [-0.25, -0.2) is 0 Å². The second-order valence-electron chi connectivity index (χ2n) is 9.26. The van der Waals surface area contributed by atoms with Gasteiger partial charge in [-0.3, -0.25) is 9.18 Å². The average Bonchev–Trinajstić information content (AvgIpc) is 2.79. The van der Waals surface area contributed by atoms with Crippen molar-refractivity contribution in [2.24, 2.45) is 0 Å². The van der Waals surface area contributed by atoms with Crippen molar-refractivity contribution in [1.29, 1.82) is 0 Å². The molecule has 0 spiro atoms. The van der Waals surface area contributed by atoms with Crippen LogP contribution in [0.2, 0.25) is 0 Å². The van der Waals surface area contributed by atoms with Crippen LogP contribution in [0, 0.1) is 0 Å². The molecule has 4 nitrogen and oxygen atoms in total. The van der Waals surface area contributed by atoms with Crippen molar-refractivity contribution in [3.05, 3.63) is 0 Å². The van der Waals surface area contributed by atoms with E-state index in [1.807, 2.05) is 0 Å². The van der Waals surface area contributed by atoms with E-state index < -0.39 is 0 Å². The Morgan fingerprint density at radius 3 is 1.88 bits per heavy atom. The lowest BCUT2D eigenvalue weighted by atomic mass is 10.0. The number of ether oxygens (including phenoxy) is 1. The molecule has 0 aromatic heterocycles. The molecule has 0 bridgehead atoms. The molecule has 0 aromatic rings. The van der Waals surface area contributed by atoms with E-state index in [2.05, 4.69) is 12.2 Å². The fraction of sp³-hybridized carbons (Fsp3) is 0.963. The SMILES string of the molecule is CCCCCCCCC(CCCCCCCCF)OC(=O)CCCCCCCNCCO. The maximum atomic E-state index is 12.4. The molecule has 0 saturated carbocycles. The fourth-order valence-corrected chi connectivity index (χ4v) is 4.09. The highest BCUT2D eigenvalue weighted by molar-refractivity contribution is 5.69. The van der Waals surface area contributed by atoms with Crippen LogP contribution in [0.1, 0.15) is 135 Å². The molecular formula is C27H54FNO3. The second-order valence-corrected chi connectivity index (χ2v) is 9.26. The Labute approximate surface area is 198 Å². The largest absolute Gasteiger partial charge is 0.462 e. The lowest BCUT2D eigenvalue weighted by Crippen LogP contribution is -2.19. The monoisotopic (exact) mass is 459 g/mol. The van der Waals surface area contributed by atoms with Crippen LogP contribution >= 0.6 is 0 Å². The zero-order chi connectivity index (χ0) is 23.5. The summed E-state index contributed by atoms with van der Waals surface area (Å²) in [5, 5.41) is 11.9. The average molecular weight is 460 g/mol. The molecule has 0 fully saturated rings. The number of aliphatic hydroxyl groups excluding tert-OH is 1. The Morgan fingerprint density at radius 1 is 0.750 bits per heavy atom. The van der Waals surface area contributed by atoms with Gasteiger partial charge >= 0.3 is 5.97 Å². The summed E-state index contributed by atoms with van der Waals surface area (Å²) in [6.45, 7) is 3.87. The van der Waals surface area contributed by atoms with Gasteiger partial charge in [0, 0.05) is 13.0 Å². The van der Waals surface area contributed by atoms with E-state index in [9.17, 15) is 9.18 Å². The molecule has 32 heavy (non-hydrogen) atoms. The molecule has 0 aliphatic heterocycles. The van der Waals surface area contributed by atoms with Crippen molar-refractivity contribution in [3.8, 4) is 0 Å². The van der Waals surface area contributed by atoms with Gasteiger partial charge < -0.3 is 15.2 Å². The molecule has 0 aromatic carbocycles. The number of carbonyl (C=O) groups is 1. The summed E-state index contributed by atoms with van der Waals surface area (Å²) in [5.74, 6) is -0.0199. The first-order valence-corrected chi connectivity index (χ1v) is 13.8. The zero-order valence-electron chi connectivity index (χ0n) is 21.2. The van der Waals surface area contributed by atoms with E-state index in [0.717, 1.165) is 83.6 Å². The number of aliphatic hydroxyl groups is 1. The van der Waals surface area contributed by atoms with Gasteiger partial charge in [0.25, 0.3) is 0 Å². The number of esters is 1. The van der Waals surface area contributed by atoms with Crippen molar-refractivity contribution in [3.63, 3.8) is 0 Å². The molecule has 0 rings (SSSR count). The summed E-state index contributed by atoms with van der Waals surface area (Å²) >= 11 is 0. The van der Waals surface area contributed by atoms with Crippen LogP contribution < -0.4 is 5.32 Å². The van der Waals surface area contributed by atoms with E-state index in [-0.39, 0.29) is 25.4 Å². The molecule has 0 saturated heterocycles. The Kier molecular flexibility index (Phi) is 26.0. The quantitative estimate of drug-likeness (QED) is 0.105. The number of alkyl halides is 1. The molecule has 0 amide bonds. The van der Waals surface area contributed by atoms with E-state index in [0.29, 0.717) is 19.4 Å². The predicted octanol–water partition coefficient (Wildman–Crippen LogP) is 7.27. The van der Waals surface area contributed by atoms with Crippen LogP contribution in [-0.4, -0.2) is 43.6 Å². The normalized spacial score (nSPS) is 12.2. The summed E-state index contributed by atoms with van der Waals surface area (Å²) in [6.07, 6.45) is 21.8. The van der Waals surface area contributed by atoms with E-state index >= 15 is 0 Å². The summed E-state index contributed by atoms with van der Waals surface area (Å²) in [5.41, 5.74) is 0.